The number of amides is 2. The van der Waals surface area contributed by atoms with Crippen molar-refractivity contribution in [1.82, 2.24) is 9.97 Å². The number of hydrogen-bond acceptors (Lipinski definition) is 6. The molecule has 0 aliphatic heterocycles. The number of ether oxygens (including phenoxy) is 1. The van der Waals surface area contributed by atoms with E-state index in [1.807, 2.05) is 0 Å². The van der Waals surface area contributed by atoms with Crippen LogP contribution in [0.25, 0.3) is 0 Å². The average Bonchev–Trinajstić information content (AvgIpc) is 2.59. The van der Waals surface area contributed by atoms with Crippen LogP contribution in [0.5, 0.6) is 5.88 Å². The Kier molecular flexibility index (Phi) is 5.49. The maximum atomic E-state index is 11.8. The van der Waals surface area contributed by atoms with Gasteiger partial charge in [-0.15, -0.1) is 0 Å². The minimum Gasteiger partial charge on any atom is -0.478 e. The highest BCUT2D eigenvalue weighted by Crippen LogP contribution is 2.35. The molecule has 1 fully saturated rings. The molecule has 0 unspecified atom stereocenters. The number of aromatic nitrogens is 2. The molecule has 8 heteroatoms. The molecule has 4 N–H and O–H groups in total. The second-order valence-electron chi connectivity index (χ2n) is 5.61. The first-order valence-electron chi connectivity index (χ1n) is 7.82. The van der Waals surface area contributed by atoms with Gasteiger partial charge in [0.25, 0.3) is 11.8 Å². The normalized spacial score (nSPS) is 15.3. The molecule has 1 aromatic heterocycles. The molecule has 23 heavy (non-hydrogen) atoms. The summed E-state index contributed by atoms with van der Waals surface area (Å²) in [6.07, 6.45) is 5.37. The summed E-state index contributed by atoms with van der Waals surface area (Å²) in [5.74, 6) is 4.98. The smallest absolute Gasteiger partial charge is 0.269 e. The SMILES string of the molecule is CCC(=O)N(N)c1nc(C(N)=O)c(C2CCCCC2)nc1OC. The highest BCUT2D eigenvalue weighted by molar-refractivity contribution is 5.95. The van der Waals surface area contributed by atoms with Gasteiger partial charge in [0.2, 0.25) is 11.7 Å². The van der Waals surface area contributed by atoms with Crippen molar-refractivity contribution in [2.45, 2.75) is 51.4 Å². The van der Waals surface area contributed by atoms with E-state index in [0.29, 0.717) is 5.69 Å². The molecule has 1 aliphatic rings. The molecule has 0 atom stereocenters. The van der Waals surface area contributed by atoms with Crippen LogP contribution in [0.1, 0.15) is 67.5 Å². The zero-order valence-corrected chi connectivity index (χ0v) is 13.5. The Labute approximate surface area is 135 Å². The van der Waals surface area contributed by atoms with Crippen molar-refractivity contribution in [3.8, 4) is 5.88 Å². The van der Waals surface area contributed by atoms with Crippen molar-refractivity contribution < 1.29 is 14.3 Å². The molecule has 0 bridgehead atoms. The number of nitrogens with two attached hydrogens (primary N) is 2. The number of methoxy groups -OCH3 is 1. The molecule has 2 amide bonds. The van der Waals surface area contributed by atoms with Gasteiger partial charge in [-0.2, -0.15) is 0 Å². The lowest BCUT2D eigenvalue weighted by atomic mass is 9.86. The van der Waals surface area contributed by atoms with Crippen molar-refractivity contribution in [2.24, 2.45) is 11.6 Å². The molecular formula is C15H23N5O3. The first kappa shape index (κ1) is 17.1. The number of hydrazine groups is 1. The van der Waals surface area contributed by atoms with E-state index in [9.17, 15) is 9.59 Å². The minimum absolute atomic E-state index is 0.00714. The Morgan fingerprint density at radius 3 is 2.43 bits per heavy atom. The second-order valence-corrected chi connectivity index (χ2v) is 5.61. The van der Waals surface area contributed by atoms with Crippen LogP contribution in [0, 0.1) is 0 Å². The van der Waals surface area contributed by atoms with Crippen LogP contribution in [-0.4, -0.2) is 28.9 Å². The van der Waals surface area contributed by atoms with E-state index in [2.05, 4.69) is 9.97 Å². The summed E-state index contributed by atoms with van der Waals surface area (Å²) in [6.45, 7) is 1.67. The molecule has 126 valence electrons. The number of primary amides is 1. The zero-order chi connectivity index (χ0) is 17.0. The van der Waals surface area contributed by atoms with Gasteiger partial charge >= 0.3 is 0 Å². The maximum Gasteiger partial charge on any atom is 0.269 e. The Bertz CT molecular complexity index is 599. The number of rotatable bonds is 5. The van der Waals surface area contributed by atoms with Crippen LogP contribution in [0.2, 0.25) is 0 Å². The van der Waals surface area contributed by atoms with Crippen LogP contribution in [0.4, 0.5) is 5.82 Å². The molecule has 1 saturated carbocycles. The molecule has 0 aromatic carbocycles. The van der Waals surface area contributed by atoms with Gasteiger partial charge in [0.05, 0.1) is 12.8 Å². The number of hydrogen-bond donors (Lipinski definition) is 2. The van der Waals surface area contributed by atoms with Crippen molar-refractivity contribution in [3.63, 3.8) is 0 Å². The van der Waals surface area contributed by atoms with Crippen molar-refractivity contribution in [2.75, 3.05) is 12.1 Å². The van der Waals surface area contributed by atoms with E-state index >= 15 is 0 Å². The highest BCUT2D eigenvalue weighted by Gasteiger charge is 2.28. The molecule has 0 spiro atoms. The Hall–Kier alpha value is -2.22. The number of anilines is 1. The van der Waals surface area contributed by atoms with Gasteiger partial charge < -0.3 is 10.5 Å². The lowest BCUT2D eigenvalue weighted by molar-refractivity contribution is -0.118. The number of nitrogens with zero attached hydrogens (tertiary/aromatic N) is 3. The molecular weight excluding hydrogens is 298 g/mol. The third-order valence-electron chi connectivity index (χ3n) is 4.09. The van der Waals surface area contributed by atoms with Crippen LogP contribution in [0.3, 0.4) is 0 Å². The summed E-state index contributed by atoms with van der Waals surface area (Å²) >= 11 is 0. The fraction of sp³-hybridized carbons (Fsp3) is 0.600. The summed E-state index contributed by atoms with van der Waals surface area (Å²) in [5.41, 5.74) is 6.06. The largest absolute Gasteiger partial charge is 0.478 e. The van der Waals surface area contributed by atoms with Gasteiger partial charge in [-0.3, -0.25) is 9.59 Å². The standard InChI is InChI=1S/C15H23N5O3/c1-3-10(21)20(17)14-15(23-2)19-11(12(18-14)13(16)22)9-7-5-4-6-8-9/h9H,3-8,17H2,1-2H3,(H2,16,22). The van der Waals surface area contributed by atoms with Crippen molar-refractivity contribution in [1.29, 1.82) is 0 Å². The van der Waals surface area contributed by atoms with E-state index in [-0.39, 0.29) is 35.6 Å². The first-order valence-corrected chi connectivity index (χ1v) is 7.82. The number of carbonyl (C=O) groups excluding carboxylic acids is 2. The van der Waals surface area contributed by atoms with Gasteiger partial charge in [0.15, 0.2) is 5.69 Å². The molecule has 1 aromatic rings. The predicted molar refractivity (Wildman–Crippen MR) is 84.9 cm³/mol. The topological polar surface area (TPSA) is 124 Å². The van der Waals surface area contributed by atoms with Crippen LogP contribution in [0.15, 0.2) is 0 Å². The monoisotopic (exact) mass is 321 g/mol. The molecule has 8 nitrogen and oxygen atoms in total. The van der Waals surface area contributed by atoms with Gasteiger partial charge in [-0.05, 0) is 12.8 Å². The summed E-state index contributed by atoms with van der Waals surface area (Å²) in [6, 6.07) is 0. The van der Waals surface area contributed by atoms with Crippen LogP contribution >= 0.6 is 0 Å². The molecule has 0 radical (unpaired) electrons. The van der Waals surface area contributed by atoms with E-state index in [4.69, 9.17) is 16.3 Å². The molecule has 0 saturated heterocycles. The Balaban J connectivity index is 2.51. The van der Waals surface area contributed by atoms with E-state index in [1.165, 1.54) is 13.5 Å². The van der Waals surface area contributed by atoms with E-state index in [0.717, 1.165) is 30.7 Å². The van der Waals surface area contributed by atoms with Crippen LogP contribution in [-0.2, 0) is 4.79 Å². The van der Waals surface area contributed by atoms with Gasteiger partial charge in [-0.25, -0.2) is 20.8 Å². The van der Waals surface area contributed by atoms with Crippen LogP contribution < -0.4 is 21.3 Å². The third kappa shape index (κ3) is 3.58. The van der Waals surface area contributed by atoms with Crippen molar-refractivity contribution >= 4 is 17.6 Å². The molecule has 2 rings (SSSR count). The van der Waals surface area contributed by atoms with E-state index < -0.39 is 5.91 Å². The highest BCUT2D eigenvalue weighted by atomic mass is 16.5. The predicted octanol–water partition coefficient (Wildman–Crippen LogP) is 1.25. The van der Waals surface area contributed by atoms with Gasteiger partial charge in [-0.1, -0.05) is 26.2 Å². The van der Waals surface area contributed by atoms with Gasteiger partial charge in [0.1, 0.15) is 0 Å². The fourth-order valence-corrected chi connectivity index (χ4v) is 2.85. The molecule has 1 heterocycles. The maximum absolute atomic E-state index is 11.8. The zero-order valence-electron chi connectivity index (χ0n) is 13.5. The second kappa shape index (κ2) is 7.36. The van der Waals surface area contributed by atoms with Crippen molar-refractivity contribution in [3.05, 3.63) is 11.4 Å². The minimum atomic E-state index is -0.681. The summed E-state index contributed by atoms with van der Waals surface area (Å²) in [7, 11) is 1.42. The fourth-order valence-electron chi connectivity index (χ4n) is 2.85. The lowest BCUT2D eigenvalue weighted by Gasteiger charge is -2.24. The Morgan fingerprint density at radius 2 is 1.91 bits per heavy atom. The van der Waals surface area contributed by atoms with E-state index in [1.54, 1.807) is 6.92 Å². The first-order chi connectivity index (χ1) is 11.0. The third-order valence-corrected chi connectivity index (χ3v) is 4.09. The quantitative estimate of drug-likeness (QED) is 0.478. The number of carbonyl (C=O) groups is 2. The summed E-state index contributed by atoms with van der Waals surface area (Å²) < 4.78 is 5.23. The van der Waals surface area contributed by atoms with Gasteiger partial charge in [0, 0.05) is 12.3 Å². The molecule has 1 aliphatic carbocycles. The summed E-state index contributed by atoms with van der Waals surface area (Å²) in [4.78, 5) is 32.2. The lowest BCUT2D eigenvalue weighted by Crippen LogP contribution is -2.38. The summed E-state index contributed by atoms with van der Waals surface area (Å²) in [5, 5.41) is 0.850. The Morgan fingerprint density at radius 1 is 1.26 bits per heavy atom. The average molecular weight is 321 g/mol.